The normalized spacial score (nSPS) is 25.2. The molecule has 0 radical (unpaired) electrons. The Kier molecular flexibility index (Phi) is 5.06. The molecule has 2 heterocycles. The summed E-state index contributed by atoms with van der Waals surface area (Å²) < 4.78 is 1.91. The average molecular weight is 402 g/mol. The fourth-order valence-electron chi connectivity index (χ4n) is 5.52. The lowest BCUT2D eigenvalue weighted by Gasteiger charge is -2.34. The smallest absolute Gasteiger partial charge is 0.262 e. The summed E-state index contributed by atoms with van der Waals surface area (Å²) in [5, 5.41) is 15.3. The molecule has 0 bridgehead atoms. The van der Waals surface area contributed by atoms with Crippen molar-refractivity contribution in [3.05, 3.63) is 27.1 Å². The molecule has 28 heavy (non-hydrogen) atoms. The highest BCUT2D eigenvalue weighted by Gasteiger charge is 2.31. The topological polar surface area (TPSA) is 67.2 Å². The summed E-state index contributed by atoms with van der Waals surface area (Å²) in [6.07, 6.45) is 14.7. The number of hydrogen-bond donors (Lipinski definition) is 2. The zero-order valence-corrected chi connectivity index (χ0v) is 17.4. The van der Waals surface area contributed by atoms with E-state index in [2.05, 4.69) is 10.3 Å². The molecule has 0 aromatic carbocycles. The van der Waals surface area contributed by atoms with Crippen LogP contribution in [0.15, 0.2) is 11.1 Å². The van der Waals surface area contributed by atoms with Gasteiger partial charge in [-0.2, -0.15) is 0 Å². The Labute approximate surface area is 170 Å². The number of aryl methyl sites for hydroxylation is 1. The molecule has 2 aromatic heterocycles. The Balaban J connectivity index is 1.35. The monoisotopic (exact) mass is 401 g/mol. The van der Waals surface area contributed by atoms with Crippen LogP contribution < -0.4 is 10.9 Å². The van der Waals surface area contributed by atoms with Gasteiger partial charge in [0.25, 0.3) is 5.56 Å². The highest BCUT2D eigenvalue weighted by atomic mass is 32.1. The van der Waals surface area contributed by atoms with Gasteiger partial charge in [0.15, 0.2) is 0 Å². The minimum Gasteiger partial charge on any atom is -0.389 e. The molecule has 5 nitrogen and oxygen atoms in total. The summed E-state index contributed by atoms with van der Waals surface area (Å²) in [6.45, 7) is 0.699. The van der Waals surface area contributed by atoms with Crippen molar-refractivity contribution in [2.24, 2.45) is 0 Å². The van der Waals surface area contributed by atoms with E-state index in [1.807, 2.05) is 4.57 Å². The second-order valence-corrected chi connectivity index (χ2v) is 10.3. The quantitative estimate of drug-likeness (QED) is 0.819. The van der Waals surface area contributed by atoms with Crippen LogP contribution in [-0.4, -0.2) is 32.8 Å². The van der Waals surface area contributed by atoms with Crippen LogP contribution in [0.25, 0.3) is 10.2 Å². The van der Waals surface area contributed by atoms with Crippen molar-refractivity contribution in [3.8, 4) is 0 Å². The summed E-state index contributed by atoms with van der Waals surface area (Å²) in [5.74, 6) is 0. The van der Waals surface area contributed by atoms with Gasteiger partial charge in [-0.05, 0) is 50.5 Å². The molecule has 0 saturated heterocycles. The number of aromatic nitrogens is 2. The molecule has 0 unspecified atom stereocenters. The van der Waals surface area contributed by atoms with Crippen LogP contribution in [0.2, 0.25) is 0 Å². The third-order valence-electron chi connectivity index (χ3n) is 7.22. The van der Waals surface area contributed by atoms with Crippen molar-refractivity contribution in [2.45, 2.75) is 94.7 Å². The summed E-state index contributed by atoms with van der Waals surface area (Å²) >= 11 is 1.70. The van der Waals surface area contributed by atoms with E-state index < -0.39 is 5.60 Å². The Morgan fingerprint density at radius 3 is 2.75 bits per heavy atom. The highest BCUT2D eigenvalue weighted by Crippen LogP contribution is 2.35. The van der Waals surface area contributed by atoms with Crippen LogP contribution in [0.3, 0.4) is 0 Å². The Morgan fingerprint density at radius 2 is 1.96 bits per heavy atom. The lowest BCUT2D eigenvalue weighted by molar-refractivity contribution is 0.00234. The molecular formula is C22H31N3O2S. The van der Waals surface area contributed by atoms with Crippen LogP contribution >= 0.6 is 11.3 Å². The van der Waals surface area contributed by atoms with Crippen molar-refractivity contribution >= 4 is 21.6 Å². The predicted octanol–water partition coefficient (Wildman–Crippen LogP) is 3.72. The number of rotatable bonds is 4. The van der Waals surface area contributed by atoms with E-state index in [0.717, 1.165) is 68.0 Å². The van der Waals surface area contributed by atoms with Crippen LogP contribution in [0.5, 0.6) is 0 Å². The second-order valence-electron chi connectivity index (χ2n) is 9.18. The van der Waals surface area contributed by atoms with E-state index >= 15 is 0 Å². The lowest BCUT2D eigenvalue weighted by atomic mass is 9.84. The maximum atomic E-state index is 13.2. The van der Waals surface area contributed by atoms with Gasteiger partial charge in [0, 0.05) is 23.5 Å². The minimum atomic E-state index is -0.519. The van der Waals surface area contributed by atoms with Gasteiger partial charge in [-0.3, -0.25) is 9.36 Å². The number of nitrogens with one attached hydrogen (secondary N) is 1. The van der Waals surface area contributed by atoms with Crippen LogP contribution in [0.4, 0.5) is 0 Å². The fraction of sp³-hybridized carbons (Fsp3) is 0.727. The van der Waals surface area contributed by atoms with Crippen LogP contribution in [0, 0.1) is 0 Å². The first-order valence-corrected chi connectivity index (χ1v) is 11.9. The molecule has 2 fully saturated rings. The molecule has 2 saturated carbocycles. The molecule has 1 atom stereocenters. The van der Waals surface area contributed by atoms with E-state index in [-0.39, 0.29) is 5.56 Å². The number of thiophene rings is 1. The molecular weight excluding hydrogens is 370 g/mol. The Hall–Kier alpha value is -1.24. The molecule has 0 amide bonds. The summed E-state index contributed by atoms with van der Waals surface area (Å²) in [5.41, 5.74) is 0.909. The van der Waals surface area contributed by atoms with Crippen molar-refractivity contribution < 1.29 is 5.11 Å². The van der Waals surface area contributed by atoms with Gasteiger partial charge >= 0.3 is 0 Å². The first kappa shape index (κ1) is 18.8. The van der Waals surface area contributed by atoms with E-state index in [0.29, 0.717) is 18.6 Å². The predicted molar refractivity (Wildman–Crippen MR) is 113 cm³/mol. The summed E-state index contributed by atoms with van der Waals surface area (Å²) in [6, 6.07) is 0.734. The molecule has 0 aliphatic heterocycles. The van der Waals surface area contributed by atoms with Crippen molar-refractivity contribution in [1.29, 1.82) is 0 Å². The first-order valence-electron chi connectivity index (χ1n) is 11.1. The van der Waals surface area contributed by atoms with Crippen LogP contribution in [-0.2, 0) is 12.8 Å². The Bertz CT molecular complexity index is 906. The van der Waals surface area contributed by atoms with Crippen LogP contribution in [0.1, 0.15) is 80.7 Å². The molecule has 2 N–H and O–H groups in total. The van der Waals surface area contributed by atoms with Gasteiger partial charge in [-0.25, -0.2) is 4.98 Å². The summed E-state index contributed by atoms with van der Waals surface area (Å²) in [7, 11) is 0. The SMILES string of the molecule is O=c1c2c3c(sc2ncn1C1CCCC1)C[C@H](NCC1(O)CCCCC1)CC3. The number of fused-ring (bicyclic) bond motifs is 3. The zero-order valence-electron chi connectivity index (χ0n) is 16.6. The molecule has 0 spiro atoms. The Morgan fingerprint density at radius 1 is 1.18 bits per heavy atom. The third-order valence-corrected chi connectivity index (χ3v) is 8.38. The number of hydrogen-bond acceptors (Lipinski definition) is 5. The minimum absolute atomic E-state index is 0.178. The summed E-state index contributed by atoms with van der Waals surface area (Å²) in [4.78, 5) is 20.1. The molecule has 2 aromatic rings. The lowest BCUT2D eigenvalue weighted by Crippen LogP contribution is -2.47. The van der Waals surface area contributed by atoms with Gasteiger partial charge in [0.1, 0.15) is 4.83 Å². The van der Waals surface area contributed by atoms with E-state index in [1.165, 1.54) is 29.7 Å². The number of nitrogens with zero attached hydrogens (tertiary/aromatic N) is 2. The largest absolute Gasteiger partial charge is 0.389 e. The molecule has 5 rings (SSSR count). The third kappa shape index (κ3) is 3.44. The molecule has 152 valence electrons. The van der Waals surface area contributed by atoms with Gasteiger partial charge in [-0.1, -0.05) is 32.1 Å². The van der Waals surface area contributed by atoms with Gasteiger partial charge in [0.05, 0.1) is 17.3 Å². The molecule has 6 heteroatoms. The van der Waals surface area contributed by atoms with Gasteiger partial charge in [0.2, 0.25) is 0 Å². The molecule has 3 aliphatic carbocycles. The first-order chi connectivity index (χ1) is 13.6. The number of aliphatic hydroxyl groups is 1. The van der Waals surface area contributed by atoms with Crippen molar-refractivity contribution in [3.63, 3.8) is 0 Å². The van der Waals surface area contributed by atoms with E-state index in [4.69, 9.17) is 0 Å². The van der Waals surface area contributed by atoms with E-state index in [9.17, 15) is 9.90 Å². The maximum Gasteiger partial charge on any atom is 0.262 e. The fourth-order valence-corrected chi connectivity index (χ4v) is 6.77. The van der Waals surface area contributed by atoms with Gasteiger partial charge in [-0.15, -0.1) is 11.3 Å². The van der Waals surface area contributed by atoms with E-state index in [1.54, 1.807) is 17.7 Å². The average Bonchev–Trinajstić information content (AvgIpc) is 3.35. The standard InChI is InChI=1S/C22H31N3O2S/c26-21-19-17-9-8-15(23-13-22(27)10-4-1-5-11-22)12-18(17)28-20(19)24-14-25(21)16-6-2-3-7-16/h14-16,23,27H,1-13H2/t15-/m1/s1. The zero-order chi connectivity index (χ0) is 19.1. The second kappa shape index (κ2) is 7.54. The van der Waals surface area contributed by atoms with Crippen molar-refractivity contribution in [2.75, 3.05) is 6.54 Å². The molecule has 3 aliphatic rings. The van der Waals surface area contributed by atoms with Gasteiger partial charge < -0.3 is 10.4 Å². The van der Waals surface area contributed by atoms with Crippen molar-refractivity contribution in [1.82, 2.24) is 14.9 Å². The highest BCUT2D eigenvalue weighted by molar-refractivity contribution is 7.18. The maximum absolute atomic E-state index is 13.2.